The second-order valence-electron chi connectivity index (χ2n) is 7.36. The molecule has 0 bridgehead atoms. The highest BCUT2D eigenvalue weighted by Gasteiger charge is 2.22. The number of alkyl carbamates (subject to hydrolysis) is 1. The van der Waals surface area contributed by atoms with Crippen LogP contribution in [0.3, 0.4) is 0 Å². The number of anilines is 1. The van der Waals surface area contributed by atoms with E-state index in [4.69, 9.17) is 4.74 Å². The molecule has 0 atom stereocenters. The van der Waals surface area contributed by atoms with Crippen LogP contribution in [0.4, 0.5) is 10.6 Å². The van der Waals surface area contributed by atoms with Gasteiger partial charge < -0.3 is 20.3 Å². The summed E-state index contributed by atoms with van der Waals surface area (Å²) in [7, 11) is 0. The Morgan fingerprint density at radius 2 is 1.97 bits per heavy atom. The molecule has 2 aromatic heterocycles. The molecule has 9 heteroatoms. The maximum atomic E-state index is 12.2. The van der Waals surface area contributed by atoms with Gasteiger partial charge in [-0.25, -0.2) is 4.79 Å². The summed E-state index contributed by atoms with van der Waals surface area (Å²) < 4.78 is 5.11. The van der Waals surface area contributed by atoms with Gasteiger partial charge in [-0.05, 0) is 29.9 Å². The molecule has 3 aromatic rings. The predicted molar refractivity (Wildman–Crippen MR) is 120 cm³/mol. The molecule has 0 saturated carbocycles. The van der Waals surface area contributed by atoms with E-state index >= 15 is 0 Å². The van der Waals surface area contributed by atoms with Crippen molar-refractivity contribution in [3.05, 3.63) is 59.5 Å². The summed E-state index contributed by atoms with van der Waals surface area (Å²) in [4.78, 5) is 27.3. The molecule has 1 fully saturated rings. The third-order valence-electron chi connectivity index (χ3n) is 5.14. The zero-order chi connectivity index (χ0) is 21.5. The molecule has 0 spiro atoms. The van der Waals surface area contributed by atoms with Gasteiger partial charge in [-0.3, -0.25) is 9.89 Å². The minimum Gasteiger partial charge on any atom is -0.445 e. The number of amides is 2. The number of carbonyl (C=O) groups excluding carboxylic acids is 2. The molecule has 8 nitrogen and oxygen atoms in total. The zero-order valence-corrected chi connectivity index (χ0v) is 17.9. The van der Waals surface area contributed by atoms with Gasteiger partial charge in [0.25, 0.3) is 0 Å². The topological polar surface area (TPSA) is 99.4 Å². The summed E-state index contributed by atoms with van der Waals surface area (Å²) in [6, 6.07) is 15.6. The van der Waals surface area contributed by atoms with Gasteiger partial charge in [0, 0.05) is 25.2 Å². The Hall–Kier alpha value is -3.33. The van der Waals surface area contributed by atoms with Crippen LogP contribution < -0.4 is 15.5 Å². The molecule has 4 rings (SSSR count). The third kappa shape index (κ3) is 5.85. The van der Waals surface area contributed by atoms with Gasteiger partial charge >= 0.3 is 6.09 Å². The van der Waals surface area contributed by atoms with Crippen molar-refractivity contribution < 1.29 is 14.3 Å². The molecule has 3 N–H and O–H groups in total. The van der Waals surface area contributed by atoms with Crippen LogP contribution in [0.2, 0.25) is 0 Å². The van der Waals surface area contributed by atoms with E-state index in [-0.39, 0.29) is 25.1 Å². The number of hydrogen-bond donors (Lipinski definition) is 3. The van der Waals surface area contributed by atoms with E-state index in [1.807, 2.05) is 41.8 Å². The first-order chi connectivity index (χ1) is 15.2. The minimum atomic E-state index is -0.603. The molecular formula is C22H25N5O3S. The number of thiophene rings is 1. The van der Waals surface area contributed by atoms with Gasteiger partial charge in [-0.1, -0.05) is 36.4 Å². The molecule has 0 unspecified atom stereocenters. The number of H-pyrrole nitrogens is 1. The predicted octanol–water partition coefficient (Wildman–Crippen LogP) is 3.15. The van der Waals surface area contributed by atoms with E-state index < -0.39 is 6.09 Å². The Labute approximate surface area is 184 Å². The number of hydrogen-bond acceptors (Lipinski definition) is 6. The first-order valence-electron chi connectivity index (χ1n) is 10.3. The molecule has 1 aliphatic rings. The number of benzene rings is 1. The van der Waals surface area contributed by atoms with Crippen LogP contribution in [0.15, 0.2) is 53.9 Å². The lowest BCUT2D eigenvalue weighted by Gasteiger charge is -2.32. The summed E-state index contributed by atoms with van der Waals surface area (Å²) >= 11 is 1.68. The summed E-state index contributed by atoms with van der Waals surface area (Å²) in [5.74, 6) is 0.714. The van der Waals surface area contributed by atoms with Crippen LogP contribution in [-0.2, 0) is 16.1 Å². The fraction of sp³-hybridized carbons (Fsp3) is 0.318. The van der Waals surface area contributed by atoms with Crippen LogP contribution in [0, 0.1) is 0 Å². The molecule has 3 heterocycles. The quantitative estimate of drug-likeness (QED) is 0.525. The number of carbonyl (C=O) groups is 2. The molecule has 162 valence electrons. The molecule has 0 radical (unpaired) electrons. The summed E-state index contributed by atoms with van der Waals surface area (Å²) in [6.45, 7) is 1.70. The SMILES string of the molecule is O=C(CNC(=O)OCc1ccccc1)NC1CCN(c2cc(-c3cccs3)[nH]n2)CC1. The maximum Gasteiger partial charge on any atom is 0.407 e. The summed E-state index contributed by atoms with van der Waals surface area (Å²) in [6.07, 6.45) is 1.05. The number of nitrogens with one attached hydrogen (secondary N) is 3. The number of aromatic amines is 1. The number of nitrogens with zero attached hydrogens (tertiary/aromatic N) is 2. The van der Waals surface area contributed by atoms with E-state index in [0.29, 0.717) is 0 Å². The Balaban J connectivity index is 1.15. The van der Waals surface area contributed by atoms with Crippen molar-refractivity contribution in [3.8, 4) is 10.6 Å². The lowest BCUT2D eigenvalue weighted by molar-refractivity contribution is -0.121. The first-order valence-corrected chi connectivity index (χ1v) is 11.1. The number of ether oxygens (including phenoxy) is 1. The van der Waals surface area contributed by atoms with Crippen molar-refractivity contribution in [1.82, 2.24) is 20.8 Å². The molecule has 1 saturated heterocycles. The molecule has 1 aromatic carbocycles. The number of piperidine rings is 1. The lowest BCUT2D eigenvalue weighted by atomic mass is 10.1. The van der Waals surface area contributed by atoms with Crippen molar-refractivity contribution in [2.24, 2.45) is 0 Å². The monoisotopic (exact) mass is 439 g/mol. The standard InChI is InChI=1S/C22H25N5O3S/c28-21(14-23-22(29)30-15-16-5-2-1-3-6-16)24-17-8-10-27(11-9-17)20-13-18(25-26-20)19-7-4-12-31-19/h1-7,12-13,17H,8-11,14-15H2,(H,23,29)(H,24,28)(H,25,26). The number of aromatic nitrogens is 2. The molecule has 1 aliphatic heterocycles. The average molecular weight is 440 g/mol. The average Bonchev–Trinajstić information content (AvgIpc) is 3.50. The second kappa shape index (κ2) is 10.1. The van der Waals surface area contributed by atoms with Gasteiger partial charge in [0.05, 0.1) is 10.6 Å². The first kappa shape index (κ1) is 20.9. The van der Waals surface area contributed by atoms with Crippen molar-refractivity contribution >= 4 is 29.2 Å². The van der Waals surface area contributed by atoms with Gasteiger partial charge in [-0.15, -0.1) is 11.3 Å². The van der Waals surface area contributed by atoms with Crippen LogP contribution in [0.5, 0.6) is 0 Å². The van der Waals surface area contributed by atoms with Crippen molar-refractivity contribution in [2.45, 2.75) is 25.5 Å². The van der Waals surface area contributed by atoms with Crippen molar-refractivity contribution in [2.75, 3.05) is 24.5 Å². The molecular weight excluding hydrogens is 414 g/mol. The largest absolute Gasteiger partial charge is 0.445 e. The van der Waals surface area contributed by atoms with Gasteiger partial charge in [0.2, 0.25) is 5.91 Å². The second-order valence-corrected chi connectivity index (χ2v) is 8.31. The Morgan fingerprint density at radius 1 is 1.16 bits per heavy atom. The van der Waals surface area contributed by atoms with Crippen LogP contribution >= 0.6 is 11.3 Å². The van der Waals surface area contributed by atoms with Gasteiger partial charge in [-0.2, -0.15) is 5.10 Å². The molecule has 0 aliphatic carbocycles. The molecule has 31 heavy (non-hydrogen) atoms. The molecule has 2 amide bonds. The van der Waals surface area contributed by atoms with Crippen LogP contribution in [0.25, 0.3) is 10.6 Å². The van der Waals surface area contributed by atoms with E-state index in [0.717, 1.165) is 47.9 Å². The summed E-state index contributed by atoms with van der Waals surface area (Å²) in [5, 5.41) is 15.0. The van der Waals surface area contributed by atoms with E-state index in [1.54, 1.807) is 11.3 Å². The number of rotatable bonds is 7. The Bertz CT molecular complexity index is 982. The normalized spacial score (nSPS) is 14.3. The summed E-state index contributed by atoms with van der Waals surface area (Å²) in [5.41, 5.74) is 1.92. The smallest absolute Gasteiger partial charge is 0.407 e. The van der Waals surface area contributed by atoms with E-state index in [2.05, 4.69) is 37.9 Å². The highest BCUT2D eigenvalue weighted by molar-refractivity contribution is 7.13. The van der Waals surface area contributed by atoms with Crippen molar-refractivity contribution in [1.29, 1.82) is 0 Å². The third-order valence-corrected chi connectivity index (χ3v) is 6.04. The van der Waals surface area contributed by atoms with E-state index in [1.165, 1.54) is 0 Å². The van der Waals surface area contributed by atoms with Crippen LogP contribution in [-0.4, -0.2) is 47.9 Å². The van der Waals surface area contributed by atoms with Crippen molar-refractivity contribution in [3.63, 3.8) is 0 Å². The van der Waals surface area contributed by atoms with Gasteiger partial charge in [0.15, 0.2) is 5.82 Å². The highest BCUT2D eigenvalue weighted by Crippen LogP contribution is 2.27. The fourth-order valence-corrected chi connectivity index (χ4v) is 4.18. The maximum absolute atomic E-state index is 12.2. The van der Waals surface area contributed by atoms with E-state index in [9.17, 15) is 9.59 Å². The minimum absolute atomic E-state index is 0.0848. The Morgan fingerprint density at radius 3 is 2.71 bits per heavy atom. The van der Waals surface area contributed by atoms with Crippen LogP contribution in [0.1, 0.15) is 18.4 Å². The fourth-order valence-electron chi connectivity index (χ4n) is 3.49. The zero-order valence-electron chi connectivity index (χ0n) is 17.0. The highest BCUT2D eigenvalue weighted by atomic mass is 32.1. The Kier molecular flexibility index (Phi) is 6.83. The van der Waals surface area contributed by atoms with Gasteiger partial charge in [0.1, 0.15) is 13.2 Å². The lowest BCUT2D eigenvalue weighted by Crippen LogP contribution is -2.47.